The second-order valence-electron chi connectivity index (χ2n) is 3.98. The minimum atomic E-state index is -1.04. The molecule has 0 unspecified atom stereocenters. The normalized spacial score (nSPS) is 9.85. The highest BCUT2D eigenvalue weighted by atomic mass is 79.9. The number of urea groups is 1. The smallest absolute Gasteiger partial charge is 0.335 e. The quantitative estimate of drug-likeness (QED) is 0.798. The molecule has 0 fully saturated rings. The third kappa shape index (κ3) is 3.83. The van der Waals surface area contributed by atoms with Gasteiger partial charge in [0.25, 0.3) is 0 Å². The lowest BCUT2D eigenvalue weighted by atomic mass is 10.2. The zero-order valence-corrected chi connectivity index (χ0v) is 11.8. The molecule has 0 atom stereocenters. The van der Waals surface area contributed by atoms with E-state index in [0.29, 0.717) is 11.4 Å². The van der Waals surface area contributed by atoms with Crippen LogP contribution in [0.1, 0.15) is 10.4 Å². The lowest BCUT2D eigenvalue weighted by molar-refractivity contribution is 0.0697. The molecule has 2 aromatic carbocycles. The second-order valence-corrected chi connectivity index (χ2v) is 4.89. The molecule has 20 heavy (non-hydrogen) atoms. The highest BCUT2D eigenvalue weighted by Crippen LogP contribution is 2.16. The van der Waals surface area contributed by atoms with E-state index in [2.05, 4.69) is 26.6 Å². The van der Waals surface area contributed by atoms with Crippen LogP contribution < -0.4 is 10.6 Å². The summed E-state index contributed by atoms with van der Waals surface area (Å²) >= 11 is 3.31. The van der Waals surface area contributed by atoms with E-state index in [1.807, 2.05) is 6.07 Å². The number of aromatic carboxylic acids is 1. The summed E-state index contributed by atoms with van der Waals surface area (Å²) < 4.78 is 0.850. The van der Waals surface area contributed by atoms with Gasteiger partial charge in [-0.1, -0.05) is 28.1 Å². The summed E-state index contributed by atoms with van der Waals surface area (Å²) in [6.45, 7) is 0. The van der Waals surface area contributed by atoms with Crippen molar-refractivity contribution in [2.24, 2.45) is 0 Å². The fraction of sp³-hybridized carbons (Fsp3) is 0. The second kappa shape index (κ2) is 6.21. The Bertz CT molecular complexity index is 658. The fourth-order valence-corrected chi connectivity index (χ4v) is 1.99. The summed E-state index contributed by atoms with van der Waals surface area (Å²) in [7, 11) is 0. The molecule has 0 aromatic heterocycles. The minimum absolute atomic E-state index is 0.116. The highest BCUT2D eigenvalue weighted by molar-refractivity contribution is 9.10. The average Bonchev–Trinajstić information content (AvgIpc) is 2.38. The predicted octanol–water partition coefficient (Wildman–Crippen LogP) is 3.79. The molecule has 5 nitrogen and oxygen atoms in total. The molecule has 0 aliphatic heterocycles. The largest absolute Gasteiger partial charge is 0.478 e. The Balaban J connectivity index is 2.04. The van der Waals surface area contributed by atoms with Crippen LogP contribution in [0, 0.1) is 0 Å². The zero-order chi connectivity index (χ0) is 14.5. The van der Waals surface area contributed by atoms with E-state index in [9.17, 15) is 9.59 Å². The number of carboxylic acid groups (broad SMARTS) is 1. The van der Waals surface area contributed by atoms with Gasteiger partial charge in [-0.2, -0.15) is 0 Å². The van der Waals surface area contributed by atoms with Crippen molar-refractivity contribution in [2.45, 2.75) is 0 Å². The van der Waals surface area contributed by atoms with E-state index in [0.717, 1.165) is 4.47 Å². The Kier molecular flexibility index (Phi) is 4.37. The molecule has 0 radical (unpaired) electrons. The number of nitrogens with one attached hydrogen (secondary N) is 2. The third-order valence-electron chi connectivity index (χ3n) is 2.45. The van der Waals surface area contributed by atoms with Crippen LogP contribution in [-0.2, 0) is 0 Å². The number of rotatable bonds is 3. The summed E-state index contributed by atoms with van der Waals surface area (Å²) in [5.41, 5.74) is 1.16. The maximum absolute atomic E-state index is 11.8. The van der Waals surface area contributed by atoms with Gasteiger partial charge in [-0.3, -0.25) is 0 Å². The van der Waals surface area contributed by atoms with Gasteiger partial charge in [-0.25, -0.2) is 9.59 Å². The van der Waals surface area contributed by atoms with Gasteiger partial charge >= 0.3 is 12.0 Å². The Morgan fingerprint density at radius 1 is 0.950 bits per heavy atom. The van der Waals surface area contributed by atoms with Crippen molar-refractivity contribution in [3.63, 3.8) is 0 Å². The van der Waals surface area contributed by atoms with Crippen molar-refractivity contribution in [3.05, 3.63) is 58.6 Å². The number of halogens is 1. The lowest BCUT2D eigenvalue weighted by Gasteiger charge is -2.08. The van der Waals surface area contributed by atoms with Crippen molar-refractivity contribution in [1.29, 1.82) is 0 Å². The third-order valence-corrected chi connectivity index (χ3v) is 2.94. The maximum Gasteiger partial charge on any atom is 0.335 e. The van der Waals surface area contributed by atoms with Gasteiger partial charge < -0.3 is 15.7 Å². The SMILES string of the molecule is O=C(Nc1cccc(Br)c1)Nc1cccc(C(=O)O)c1. The van der Waals surface area contributed by atoms with Crippen molar-refractivity contribution < 1.29 is 14.7 Å². The Hall–Kier alpha value is -2.34. The molecule has 0 heterocycles. The molecule has 2 rings (SSSR count). The first kappa shape index (κ1) is 14.1. The highest BCUT2D eigenvalue weighted by Gasteiger charge is 2.06. The predicted molar refractivity (Wildman–Crippen MR) is 80.2 cm³/mol. The zero-order valence-electron chi connectivity index (χ0n) is 10.3. The monoisotopic (exact) mass is 334 g/mol. The molecular formula is C14H11BrN2O3. The van der Waals surface area contributed by atoms with Gasteiger partial charge in [0.05, 0.1) is 5.56 Å². The van der Waals surface area contributed by atoms with Gasteiger partial charge in [-0.15, -0.1) is 0 Å². The van der Waals surface area contributed by atoms with Gasteiger partial charge in [0.1, 0.15) is 0 Å². The van der Waals surface area contributed by atoms with Crippen LogP contribution >= 0.6 is 15.9 Å². The molecule has 0 aliphatic rings. The van der Waals surface area contributed by atoms with Crippen LogP contribution in [0.4, 0.5) is 16.2 Å². The molecular weight excluding hydrogens is 324 g/mol. The number of hydrogen-bond acceptors (Lipinski definition) is 2. The van der Waals surface area contributed by atoms with Gasteiger partial charge in [0.15, 0.2) is 0 Å². The van der Waals surface area contributed by atoms with E-state index < -0.39 is 12.0 Å². The molecule has 3 N–H and O–H groups in total. The number of hydrogen-bond donors (Lipinski definition) is 3. The van der Waals surface area contributed by atoms with Crippen LogP contribution in [0.5, 0.6) is 0 Å². The topological polar surface area (TPSA) is 78.4 Å². The lowest BCUT2D eigenvalue weighted by Crippen LogP contribution is -2.19. The minimum Gasteiger partial charge on any atom is -0.478 e. The van der Waals surface area contributed by atoms with Crippen LogP contribution in [-0.4, -0.2) is 17.1 Å². The van der Waals surface area contributed by atoms with Crippen LogP contribution in [0.3, 0.4) is 0 Å². The number of amides is 2. The van der Waals surface area contributed by atoms with E-state index >= 15 is 0 Å². The van der Waals surface area contributed by atoms with Crippen molar-refractivity contribution in [2.75, 3.05) is 10.6 Å². The standard InChI is InChI=1S/C14H11BrN2O3/c15-10-4-2-6-12(8-10)17-14(20)16-11-5-1-3-9(7-11)13(18)19/h1-8H,(H,18,19)(H2,16,17,20). The molecule has 2 aromatic rings. The number of benzene rings is 2. The van der Waals surface area contributed by atoms with E-state index in [1.165, 1.54) is 12.1 Å². The van der Waals surface area contributed by atoms with Gasteiger partial charge in [0.2, 0.25) is 0 Å². The molecule has 0 saturated carbocycles. The summed E-state index contributed by atoms with van der Waals surface area (Å²) in [6, 6.07) is 12.7. The van der Waals surface area contributed by atoms with E-state index in [4.69, 9.17) is 5.11 Å². The number of anilines is 2. The van der Waals surface area contributed by atoms with E-state index in [1.54, 1.807) is 30.3 Å². The average molecular weight is 335 g/mol. The summed E-state index contributed by atoms with van der Waals surface area (Å²) in [5, 5.41) is 14.1. The van der Waals surface area contributed by atoms with E-state index in [-0.39, 0.29) is 5.56 Å². The molecule has 2 amide bonds. The summed E-state index contributed by atoms with van der Waals surface area (Å²) in [4.78, 5) is 22.6. The molecule has 0 saturated heterocycles. The van der Waals surface area contributed by atoms with Gasteiger partial charge in [-0.05, 0) is 36.4 Å². The molecule has 102 valence electrons. The van der Waals surface area contributed by atoms with Crippen LogP contribution in [0.2, 0.25) is 0 Å². The fourth-order valence-electron chi connectivity index (χ4n) is 1.59. The Morgan fingerprint density at radius 2 is 1.55 bits per heavy atom. The van der Waals surface area contributed by atoms with Crippen molar-refractivity contribution >= 4 is 39.3 Å². The Morgan fingerprint density at radius 3 is 2.15 bits per heavy atom. The first-order valence-electron chi connectivity index (χ1n) is 5.71. The van der Waals surface area contributed by atoms with Crippen LogP contribution in [0.15, 0.2) is 53.0 Å². The van der Waals surface area contributed by atoms with Gasteiger partial charge in [0, 0.05) is 15.8 Å². The first-order chi connectivity index (χ1) is 9.54. The summed E-state index contributed by atoms with van der Waals surface area (Å²) in [5.74, 6) is -1.04. The number of carboxylic acids is 1. The maximum atomic E-state index is 11.8. The number of carbonyl (C=O) groups excluding carboxylic acids is 1. The first-order valence-corrected chi connectivity index (χ1v) is 6.51. The van der Waals surface area contributed by atoms with Crippen molar-refractivity contribution in [1.82, 2.24) is 0 Å². The molecule has 0 spiro atoms. The molecule has 0 aliphatic carbocycles. The molecule has 6 heteroatoms. The molecule has 0 bridgehead atoms. The number of carbonyl (C=O) groups is 2. The van der Waals surface area contributed by atoms with Crippen LogP contribution in [0.25, 0.3) is 0 Å². The van der Waals surface area contributed by atoms with Crippen molar-refractivity contribution in [3.8, 4) is 0 Å². The Labute approximate surface area is 123 Å². The summed E-state index contributed by atoms with van der Waals surface area (Å²) in [6.07, 6.45) is 0.